The van der Waals surface area contributed by atoms with E-state index >= 15 is 0 Å². The van der Waals surface area contributed by atoms with E-state index in [1.165, 1.54) is 5.19 Å². The summed E-state index contributed by atoms with van der Waals surface area (Å²) in [5.41, 5.74) is 1.95. The van der Waals surface area contributed by atoms with E-state index in [-0.39, 0.29) is 0 Å². The highest BCUT2D eigenvalue weighted by atomic mass is 28.4. The van der Waals surface area contributed by atoms with E-state index in [0.29, 0.717) is 16.6 Å². The fraction of sp³-hybridized carbons (Fsp3) is 0.647. The molecule has 0 aromatic heterocycles. The van der Waals surface area contributed by atoms with Crippen molar-refractivity contribution in [2.45, 2.75) is 71.3 Å². The van der Waals surface area contributed by atoms with Gasteiger partial charge < -0.3 is 4.12 Å². The van der Waals surface area contributed by atoms with Crippen molar-refractivity contribution < 1.29 is 4.12 Å². The summed E-state index contributed by atoms with van der Waals surface area (Å²) >= 11 is 0. The second-order valence-electron chi connectivity index (χ2n) is 7.30. The van der Waals surface area contributed by atoms with E-state index in [0.717, 1.165) is 0 Å². The fourth-order valence-electron chi connectivity index (χ4n) is 3.69. The molecule has 0 N–H and O–H groups in total. The van der Waals surface area contributed by atoms with Crippen molar-refractivity contribution in [2.24, 2.45) is 0 Å². The van der Waals surface area contributed by atoms with Gasteiger partial charge in [-0.15, -0.1) is 0 Å². The van der Waals surface area contributed by atoms with Crippen LogP contribution in [0.4, 0.5) is 0 Å². The molecule has 0 saturated heterocycles. The Morgan fingerprint density at radius 1 is 0.750 bits per heavy atom. The average Bonchev–Trinajstić information content (AvgIpc) is 2.35. The predicted molar refractivity (Wildman–Crippen MR) is 95.7 cm³/mol. The summed E-state index contributed by atoms with van der Waals surface area (Å²) in [5.74, 6) is 0. The monoisotopic (exact) mass is 308 g/mol. The molecule has 0 saturated carbocycles. The lowest BCUT2D eigenvalue weighted by molar-refractivity contribution is 0.483. The van der Waals surface area contributed by atoms with Crippen LogP contribution >= 0.6 is 0 Å². The second-order valence-corrected chi connectivity index (χ2v) is 16.9. The third kappa shape index (κ3) is 3.44. The van der Waals surface area contributed by atoms with Gasteiger partial charge in [0.2, 0.25) is 8.32 Å². The van der Waals surface area contributed by atoms with Crippen molar-refractivity contribution in [2.75, 3.05) is 0 Å². The molecule has 0 aliphatic rings. The molecule has 1 rings (SSSR count). The Bertz CT molecular complexity index is 388. The molecule has 0 unspecified atom stereocenters. The van der Waals surface area contributed by atoms with Crippen LogP contribution in [0.15, 0.2) is 30.3 Å². The van der Waals surface area contributed by atoms with E-state index < -0.39 is 16.6 Å². The minimum atomic E-state index is -1.84. The van der Waals surface area contributed by atoms with Gasteiger partial charge in [0, 0.05) is 0 Å². The maximum absolute atomic E-state index is 7.07. The smallest absolute Gasteiger partial charge is 0.205 e. The van der Waals surface area contributed by atoms with Crippen LogP contribution in [0.2, 0.25) is 29.7 Å². The number of hydrogen-bond donors (Lipinski definition) is 0. The molecule has 0 aliphatic heterocycles. The summed E-state index contributed by atoms with van der Waals surface area (Å²) in [7, 11) is -3.63. The predicted octanol–water partition coefficient (Wildman–Crippen LogP) is 5.29. The zero-order chi connectivity index (χ0) is 15.6. The SMILES string of the molecule is CC(C)[Si](O[Si](C)(C)c1ccccc1)(C(C)C)C(C)C. The Morgan fingerprint density at radius 3 is 1.50 bits per heavy atom. The van der Waals surface area contributed by atoms with Crippen LogP contribution < -0.4 is 5.19 Å². The lowest BCUT2D eigenvalue weighted by atomic mass is 10.4. The molecule has 0 radical (unpaired) electrons. The molecule has 1 aromatic carbocycles. The number of rotatable bonds is 6. The topological polar surface area (TPSA) is 9.23 Å². The van der Waals surface area contributed by atoms with Crippen molar-refractivity contribution in [3.63, 3.8) is 0 Å². The van der Waals surface area contributed by atoms with Crippen molar-refractivity contribution in [1.82, 2.24) is 0 Å². The van der Waals surface area contributed by atoms with Gasteiger partial charge in [-0.3, -0.25) is 0 Å². The van der Waals surface area contributed by atoms with Crippen LogP contribution in [-0.2, 0) is 4.12 Å². The van der Waals surface area contributed by atoms with Gasteiger partial charge >= 0.3 is 0 Å². The summed E-state index contributed by atoms with van der Waals surface area (Å²) < 4.78 is 7.07. The maximum Gasteiger partial charge on any atom is 0.205 e. The number of hydrogen-bond acceptors (Lipinski definition) is 1. The minimum Gasteiger partial charge on any atom is -0.451 e. The lowest BCUT2D eigenvalue weighted by Gasteiger charge is -2.47. The zero-order valence-corrected chi connectivity index (χ0v) is 16.5. The van der Waals surface area contributed by atoms with Crippen molar-refractivity contribution in [3.05, 3.63) is 30.3 Å². The summed E-state index contributed by atoms with van der Waals surface area (Å²) in [6.07, 6.45) is 0. The first-order valence-electron chi connectivity index (χ1n) is 7.90. The Morgan fingerprint density at radius 2 is 1.15 bits per heavy atom. The van der Waals surface area contributed by atoms with E-state index in [9.17, 15) is 0 Å². The third-order valence-corrected chi connectivity index (χ3v) is 15.2. The molecule has 0 atom stereocenters. The molecule has 0 amide bonds. The average molecular weight is 309 g/mol. The molecule has 1 nitrogen and oxygen atoms in total. The first-order chi connectivity index (χ1) is 9.14. The fourth-order valence-corrected chi connectivity index (χ4v) is 15.5. The normalized spacial score (nSPS) is 13.6. The van der Waals surface area contributed by atoms with Crippen LogP contribution in [0, 0.1) is 0 Å². The van der Waals surface area contributed by atoms with E-state index in [4.69, 9.17) is 4.12 Å². The lowest BCUT2D eigenvalue weighted by Crippen LogP contribution is -2.59. The van der Waals surface area contributed by atoms with Crippen molar-refractivity contribution in [3.8, 4) is 0 Å². The third-order valence-electron chi connectivity index (χ3n) is 4.61. The molecular weight excluding hydrogens is 276 g/mol. The Kier molecular flexibility index (Phi) is 5.82. The van der Waals surface area contributed by atoms with Crippen LogP contribution in [-0.4, -0.2) is 16.6 Å². The van der Waals surface area contributed by atoms with Gasteiger partial charge in [0.05, 0.1) is 0 Å². The minimum absolute atomic E-state index is 0.651. The number of benzene rings is 1. The molecule has 20 heavy (non-hydrogen) atoms. The van der Waals surface area contributed by atoms with Gasteiger partial charge in [0.25, 0.3) is 0 Å². The first-order valence-corrected chi connectivity index (χ1v) is 12.9. The molecule has 0 heterocycles. The highest BCUT2D eigenvalue weighted by Crippen LogP contribution is 2.43. The Balaban J connectivity index is 3.19. The maximum atomic E-state index is 7.07. The van der Waals surface area contributed by atoms with Crippen LogP contribution in [0.1, 0.15) is 41.5 Å². The largest absolute Gasteiger partial charge is 0.451 e. The van der Waals surface area contributed by atoms with Gasteiger partial charge in [0.1, 0.15) is 0 Å². The van der Waals surface area contributed by atoms with E-state index in [1.807, 2.05) is 0 Å². The summed E-state index contributed by atoms with van der Waals surface area (Å²) in [5, 5.41) is 1.42. The zero-order valence-electron chi connectivity index (χ0n) is 14.5. The molecule has 1 aromatic rings. The standard InChI is InChI=1S/C17H32OSi2/c1-14(2)20(15(3)4,16(5)6)18-19(7,8)17-12-10-9-11-13-17/h9-16H,1-8H3. The molecular formula is C17H32OSi2. The van der Waals surface area contributed by atoms with Crippen LogP contribution in [0.5, 0.6) is 0 Å². The molecule has 114 valence electrons. The van der Waals surface area contributed by atoms with Gasteiger partial charge in [-0.05, 0) is 34.9 Å². The van der Waals surface area contributed by atoms with E-state index in [1.54, 1.807) is 0 Å². The van der Waals surface area contributed by atoms with E-state index in [2.05, 4.69) is 85.0 Å². The van der Waals surface area contributed by atoms with Crippen LogP contribution in [0.3, 0.4) is 0 Å². The van der Waals surface area contributed by atoms with Gasteiger partial charge in [0.15, 0.2) is 8.32 Å². The molecule has 0 bridgehead atoms. The summed E-state index contributed by atoms with van der Waals surface area (Å²) in [4.78, 5) is 0. The Hall–Kier alpha value is -0.386. The highest BCUT2D eigenvalue weighted by molar-refractivity contribution is 6.94. The van der Waals surface area contributed by atoms with Crippen molar-refractivity contribution >= 4 is 21.8 Å². The Labute approximate surface area is 128 Å². The van der Waals surface area contributed by atoms with Gasteiger partial charge in [-0.2, -0.15) is 0 Å². The van der Waals surface area contributed by atoms with Crippen LogP contribution in [0.25, 0.3) is 0 Å². The summed E-state index contributed by atoms with van der Waals surface area (Å²) in [6, 6.07) is 10.8. The quantitative estimate of drug-likeness (QED) is 0.649. The van der Waals surface area contributed by atoms with Gasteiger partial charge in [-0.1, -0.05) is 71.9 Å². The second kappa shape index (κ2) is 6.58. The first kappa shape index (κ1) is 17.7. The van der Waals surface area contributed by atoms with Crippen molar-refractivity contribution in [1.29, 1.82) is 0 Å². The molecule has 3 heteroatoms. The van der Waals surface area contributed by atoms with Gasteiger partial charge in [-0.25, -0.2) is 0 Å². The highest BCUT2D eigenvalue weighted by Gasteiger charge is 2.48. The molecule has 0 fully saturated rings. The molecule has 0 aliphatic carbocycles. The molecule has 0 spiro atoms. The summed E-state index contributed by atoms with van der Waals surface area (Å²) in [6.45, 7) is 18.9.